The van der Waals surface area contributed by atoms with E-state index in [1.807, 2.05) is 0 Å². The predicted molar refractivity (Wildman–Crippen MR) is 72.3 cm³/mol. The van der Waals surface area contributed by atoms with E-state index in [4.69, 9.17) is 9.47 Å². The first-order chi connectivity index (χ1) is 7.61. The van der Waals surface area contributed by atoms with Crippen LogP contribution in [0.5, 0.6) is 0 Å². The standard InChI is InChI=1S/C11H15IO3.Tl.H/c1-2-8(12)6-14-9-4-3-7-5-10(9)15-11(7)13;;/h7-10H,2-5H2,1H3;;. The maximum absolute atomic E-state index is 11.4. The van der Waals surface area contributed by atoms with E-state index >= 15 is 0 Å². The third kappa shape index (κ3) is 2.85. The van der Waals surface area contributed by atoms with Crippen LogP contribution in [0.1, 0.15) is 32.6 Å². The number of halogens is 1. The molecule has 2 rings (SSSR count). The SMILES string of the molecule is CCC(I)[C](=[TlH])OC1CCC2CC1OC2=O. The van der Waals surface area contributed by atoms with Crippen molar-refractivity contribution in [3.8, 4) is 0 Å². The fourth-order valence-corrected chi connectivity index (χ4v) is 4.42. The van der Waals surface area contributed by atoms with Crippen LogP contribution in [-0.2, 0) is 14.3 Å². The van der Waals surface area contributed by atoms with E-state index in [2.05, 4.69) is 29.5 Å². The first-order valence-electron chi connectivity index (χ1n) is 5.81. The normalized spacial score (nSPS) is 34.6. The quantitative estimate of drug-likeness (QED) is 0.240. The summed E-state index contributed by atoms with van der Waals surface area (Å²) in [6.07, 6.45) is 4.10. The number of hydrogen-bond donors (Lipinski definition) is 0. The van der Waals surface area contributed by atoms with Crippen LogP contribution in [0, 0.1) is 5.92 Å². The van der Waals surface area contributed by atoms with Crippen molar-refractivity contribution in [2.75, 3.05) is 0 Å². The van der Waals surface area contributed by atoms with Crippen LogP contribution in [0.3, 0.4) is 0 Å². The Morgan fingerprint density at radius 2 is 2.44 bits per heavy atom. The summed E-state index contributed by atoms with van der Waals surface area (Å²) in [7, 11) is 0. The second-order valence-corrected chi connectivity index (χ2v) is 8.70. The van der Waals surface area contributed by atoms with Gasteiger partial charge in [-0.15, -0.1) is 0 Å². The molecule has 0 aromatic rings. The zero-order valence-electron chi connectivity index (χ0n) is 9.45. The van der Waals surface area contributed by atoms with Gasteiger partial charge in [0.15, 0.2) is 0 Å². The molecule has 88 valence electrons. The molecule has 0 aromatic heterocycles. The van der Waals surface area contributed by atoms with Crippen molar-refractivity contribution in [3.05, 3.63) is 0 Å². The predicted octanol–water partition coefficient (Wildman–Crippen LogP) is 1.34. The van der Waals surface area contributed by atoms with E-state index in [0.717, 1.165) is 25.7 Å². The fraction of sp³-hybridized carbons (Fsp3) is 0.818. The monoisotopic (exact) mass is 528 g/mol. The molecule has 0 aromatic carbocycles. The molecule has 1 heterocycles. The number of ether oxygens (including phenoxy) is 2. The fourth-order valence-electron chi connectivity index (χ4n) is 2.32. The average molecular weight is 528 g/mol. The van der Waals surface area contributed by atoms with Crippen molar-refractivity contribution in [2.24, 2.45) is 5.92 Å². The van der Waals surface area contributed by atoms with Gasteiger partial charge in [-0.1, -0.05) is 0 Å². The second-order valence-electron chi connectivity index (χ2n) is 4.48. The van der Waals surface area contributed by atoms with E-state index in [-0.39, 0.29) is 24.1 Å². The van der Waals surface area contributed by atoms with E-state index < -0.39 is 0 Å². The van der Waals surface area contributed by atoms with E-state index in [1.54, 1.807) is 0 Å². The first kappa shape index (κ1) is 13.4. The Labute approximate surface area is 125 Å². The molecular weight excluding hydrogens is 511 g/mol. The topological polar surface area (TPSA) is 35.5 Å². The van der Waals surface area contributed by atoms with Crippen molar-refractivity contribution < 1.29 is 14.3 Å². The van der Waals surface area contributed by atoms with Crippen LogP contribution in [0.15, 0.2) is 0 Å². The number of carbonyl (C=O) groups is 1. The van der Waals surface area contributed by atoms with Gasteiger partial charge in [0.25, 0.3) is 0 Å². The van der Waals surface area contributed by atoms with Gasteiger partial charge >= 0.3 is 126 Å². The van der Waals surface area contributed by atoms with Crippen molar-refractivity contribution >= 4 is 57.1 Å². The minimum atomic E-state index is -0.00240. The van der Waals surface area contributed by atoms with Crippen molar-refractivity contribution in [3.63, 3.8) is 0 Å². The summed E-state index contributed by atoms with van der Waals surface area (Å²) in [4.78, 5) is 11.4. The number of hydrogen-bond acceptors (Lipinski definition) is 3. The summed E-state index contributed by atoms with van der Waals surface area (Å²) < 4.78 is 13.2. The third-order valence-corrected chi connectivity index (χ3v) is 10.7. The summed E-state index contributed by atoms with van der Waals surface area (Å²) in [5.41, 5.74) is 0. The Kier molecular flexibility index (Phi) is 4.79. The van der Waals surface area contributed by atoms with Gasteiger partial charge in [0.2, 0.25) is 0 Å². The summed E-state index contributed by atoms with van der Waals surface area (Å²) in [6, 6.07) is 0. The third-order valence-electron chi connectivity index (χ3n) is 3.34. The molecule has 0 radical (unpaired) electrons. The van der Waals surface area contributed by atoms with Crippen LogP contribution < -0.4 is 0 Å². The zero-order valence-corrected chi connectivity index (χ0v) is 17.1. The van der Waals surface area contributed by atoms with Gasteiger partial charge in [0.1, 0.15) is 0 Å². The molecule has 2 aliphatic rings. The summed E-state index contributed by atoms with van der Waals surface area (Å²) in [6.45, 7) is 2.18. The molecule has 1 saturated carbocycles. The van der Waals surface area contributed by atoms with Crippen molar-refractivity contribution in [1.29, 1.82) is 0 Å². The van der Waals surface area contributed by atoms with Gasteiger partial charge in [0, 0.05) is 0 Å². The summed E-state index contributed by atoms with van der Waals surface area (Å²) in [5.74, 6) is 0.159. The van der Waals surface area contributed by atoms with Gasteiger partial charge in [-0.3, -0.25) is 0 Å². The van der Waals surface area contributed by atoms with Crippen molar-refractivity contribution in [1.82, 2.24) is 0 Å². The van der Waals surface area contributed by atoms with Crippen molar-refractivity contribution in [2.45, 2.75) is 48.7 Å². The number of alkyl halides is 1. The Morgan fingerprint density at radius 1 is 1.69 bits per heavy atom. The molecule has 4 atom stereocenters. The van der Waals surface area contributed by atoms with Crippen LogP contribution in [-0.4, -0.2) is 50.6 Å². The number of rotatable bonds is 4. The van der Waals surface area contributed by atoms with Gasteiger partial charge in [-0.2, -0.15) is 0 Å². The molecule has 5 heteroatoms. The zero-order chi connectivity index (χ0) is 11.7. The van der Waals surface area contributed by atoms with Gasteiger partial charge in [0.05, 0.1) is 0 Å². The first-order valence-corrected chi connectivity index (χ1v) is 9.81. The Morgan fingerprint density at radius 3 is 3.12 bits per heavy atom. The molecule has 0 amide bonds. The van der Waals surface area contributed by atoms with Crippen LogP contribution in [0.25, 0.3) is 0 Å². The van der Waals surface area contributed by atoms with E-state index in [1.165, 1.54) is 3.24 Å². The van der Waals surface area contributed by atoms with Gasteiger partial charge < -0.3 is 0 Å². The average Bonchev–Trinajstić information content (AvgIpc) is 2.58. The number of esters is 1. The molecule has 4 unspecified atom stereocenters. The Hall–Kier alpha value is 0.952. The van der Waals surface area contributed by atoms with Crippen LogP contribution in [0.4, 0.5) is 0 Å². The molecule has 2 fully saturated rings. The summed E-state index contributed by atoms with van der Waals surface area (Å²) >= 11 is 2.98. The molecule has 1 aliphatic heterocycles. The molecule has 3 nitrogen and oxygen atoms in total. The molecule has 16 heavy (non-hydrogen) atoms. The summed E-state index contributed by atoms with van der Waals surface area (Å²) in [5, 5.41) is 0. The van der Waals surface area contributed by atoms with Gasteiger partial charge in [-0.25, -0.2) is 0 Å². The molecule has 1 aliphatic carbocycles. The molecule has 0 spiro atoms. The Balaban J connectivity index is 1.92. The molecule has 2 bridgehead atoms. The Bertz CT molecular complexity index is 308. The van der Waals surface area contributed by atoms with E-state index in [0.29, 0.717) is 29.2 Å². The van der Waals surface area contributed by atoms with E-state index in [9.17, 15) is 4.79 Å². The van der Waals surface area contributed by atoms with Gasteiger partial charge in [-0.05, 0) is 0 Å². The van der Waals surface area contributed by atoms with Crippen LogP contribution in [0.2, 0.25) is 0 Å². The van der Waals surface area contributed by atoms with Crippen LogP contribution >= 0.6 is 22.6 Å². The minimum absolute atomic E-state index is 0.00240. The maximum atomic E-state index is 11.4. The second kappa shape index (κ2) is 5.73. The number of fused-ring (bicyclic) bond motifs is 2. The molecule has 1 saturated heterocycles. The molecular formula is C11H16IO3Tl. The number of carbonyl (C=O) groups excluding carboxylic acids is 1. The molecule has 0 N–H and O–H groups in total.